The predicted octanol–water partition coefficient (Wildman–Crippen LogP) is 1.21. The summed E-state index contributed by atoms with van der Waals surface area (Å²) in [6.07, 6.45) is 1.86. The molecule has 0 amide bonds. The van der Waals surface area contributed by atoms with Crippen molar-refractivity contribution in [3.63, 3.8) is 0 Å². The first-order valence-electron chi connectivity index (χ1n) is 4.27. The molecule has 2 aromatic heterocycles. The average Bonchev–Trinajstić information content (AvgIpc) is 2.59. The SMILES string of the molecule is CSc1nc2cc(C)nn2c(N)c1C#N. The van der Waals surface area contributed by atoms with E-state index < -0.39 is 0 Å². The van der Waals surface area contributed by atoms with Crippen LogP contribution in [-0.2, 0) is 0 Å². The Kier molecular flexibility index (Phi) is 2.25. The Morgan fingerprint density at radius 3 is 2.93 bits per heavy atom. The Hall–Kier alpha value is -1.74. The number of thioether (sulfide) groups is 1. The zero-order chi connectivity index (χ0) is 11.0. The second kappa shape index (κ2) is 3.44. The second-order valence-electron chi connectivity index (χ2n) is 3.05. The van der Waals surface area contributed by atoms with Crippen LogP contribution >= 0.6 is 11.8 Å². The summed E-state index contributed by atoms with van der Waals surface area (Å²) in [6, 6.07) is 3.88. The van der Waals surface area contributed by atoms with Crippen LogP contribution in [0.5, 0.6) is 0 Å². The van der Waals surface area contributed by atoms with Gasteiger partial charge in [0.2, 0.25) is 0 Å². The van der Waals surface area contributed by atoms with Crippen molar-refractivity contribution in [2.45, 2.75) is 11.9 Å². The van der Waals surface area contributed by atoms with Crippen LogP contribution in [0.2, 0.25) is 0 Å². The fourth-order valence-electron chi connectivity index (χ4n) is 1.37. The van der Waals surface area contributed by atoms with Crippen molar-refractivity contribution in [2.75, 3.05) is 12.0 Å². The van der Waals surface area contributed by atoms with Crippen molar-refractivity contribution in [1.29, 1.82) is 5.26 Å². The highest BCUT2D eigenvalue weighted by Crippen LogP contribution is 2.23. The third-order valence-corrected chi connectivity index (χ3v) is 2.71. The summed E-state index contributed by atoms with van der Waals surface area (Å²) >= 11 is 1.40. The molecule has 2 heterocycles. The number of nitrogens with two attached hydrogens (primary N) is 1. The molecule has 0 radical (unpaired) electrons. The number of nitriles is 1. The highest BCUT2D eigenvalue weighted by Gasteiger charge is 2.13. The van der Waals surface area contributed by atoms with Gasteiger partial charge in [0.15, 0.2) is 5.65 Å². The summed E-state index contributed by atoms with van der Waals surface area (Å²) in [5.41, 5.74) is 7.74. The maximum Gasteiger partial charge on any atom is 0.158 e. The molecule has 2 N–H and O–H groups in total. The Balaban J connectivity index is 2.88. The minimum atomic E-state index is 0.347. The van der Waals surface area contributed by atoms with Gasteiger partial charge in [-0.25, -0.2) is 4.98 Å². The number of aryl methyl sites for hydroxylation is 1. The molecule has 0 spiro atoms. The van der Waals surface area contributed by atoms with Gasteiger partial charge in [-0.1, -0.05) is 0 Å². The number of rotatable bonds is 1. The number of hydrogen-bond donors (Lipinski definition) is 1. The monoisotopic (exact) mass is 219 g/mol. The van der Waals surface area contributed by atoms with Crippen LogP contribution in [0.1, 0.15) is 11.3 Å². The average molecular weight is 219 g/mol. The highest BCUT2D eigenvalue weighted by atomic mass is 32.2. The van der Waals surface area contributed by atoms with Gasteiger partial charge >= 0.3 is 0 Å². The molecule has 0 aliphatic rings. The topological polar surface area (TPSA) is 80.0 Å². The minimum absolute atomic E-state index is 0.347. The fraction of sp³-hybridized carbons (Fsp3) is 0.222. The Morgan fingerprint density at radius 1 is 1.60 bits per heavy atom. The number of nitrogens with zero attached hydrogens (tertiary/aromatic N) is 4. The molecular formula is C9H9N5S. The molecule has 76 valence electrons. The highest BCUT2D eigenvalue weighted by molar-refractivity contribution is 7.98. The molecule has 2 rings (SSSR count). The van der Waals surface area contributed by atoms with Gasteiger partial charge in [0.1, 0.15) is 22.5 Å². The number of fused-ring (bicyclic) bond motifs is 1. The maximum absolute atomic E-state index is 8.97. The molecule has 5 nitrogen and oxygen atoms in total. The van der Waals surface area contributed by atoms with Gasteiger partial charge in [-0.15, -0.1) is 11.8 Å². The molecule has 15 heavy (non-hydrogen) atoms. The van der Waals surface area contributed by atoms with E-state index in [1.807, 2.05) is 25.3 Å². The van der Waals surface area contributed by atoms with E-state index in [9.17, 15) is 0 Å². The first-order valence-corrected chi connectivity index (χ1v) is 5.49. The molecular weight excluding hydrogens is 210 g/mol. The maximum atomic E-state index is 8.97. The first-order chi connectivity index (χ1) is 7.17. The van der Waals surface area contributed by atoms with E-state index in [1.54, 1.807) is 0 Å². The van der Waals surface area contributed by atoms with Crippen LogP contribution in [0.3, 0.4) is 0 Å². The minimum Gasteiger partial charge on any atom is -0.382 e. The van der Waals surface area contributed by atoms with Gasteiger partial charge in [0.05, 0.1) is 5.69 Å². The molecule has 0 aliphatic carbocycles. The lowest BCUT2D eigenvalue weighted by Gasteiger charge is -2.04. The molecule has 0 bridgehead atoms. The van der Waals surface area contributed by atoms with Crippen molar-refractivity contribution in [3.05, 3.63) is 17.3 Å². The molecule has 0 aromatic carbocycles. The Labute approximate surface area is 90.9 Å². The summed E-state index contributed by atoms with van der Waals surface area (Å²) in [4.78, 5) is 4.31. The lowest BCUT2D eigenvalue weighted by molar-refractivity contribution is 0.904. The van der Waals surface area contributed by atoms with Crippen LogP contribution in [0.4, 0.5) is 5.82 Å². The van der Waals surface area contributed by atoms with Crippen LogP contribution in [0.25, 0.3) is 5.65 Å². The fourth-order valence-corrected chi connectivity index (χ4v) is 1.91. The zero-order valence-corrected chi connectivity index (χ0v) is 9.17. The van der Waals surface area contributed by atoms with Gasteiger partial charge in [-0.3, -0.25) is 0 Å². The number of hydrogen-bond acceptors (Lipinski definition) is 5. The van der Waals surface area contributed by atoms with E-state index in [4.69, 9.17) is 11.0 Å². The molecule has 0 saturated heterocycles. The van der Waals surface area contributed by atoms with Crippen molar-refractivity contribution < 1.29 is 0 Å². The summed E-state index contributed by atoms with van der Waals surface area (Å²) in [5.74, 6) is 0.347. The zero-order valence-electron chi connectivity index (χ0n) is 8.35. The second-order valence-corrected chi connectivity index (χ2v) is 3.84. The molecule has 0 aliphatic heterocycles. The van der Waals surface area contributed by atoms with Crippen molar-refractivity contribution in [2.24, 2.45) is 0 Å². The smallest absolute Gasteiger partial charge is 0.158 e. The quantitative estimate of drug-likeness (QED) is 0.576. The van der Waals surface area contributed by atoms with Crippen molar-refractivity contribution in [1.82, 2.24) is 14.6 Å². The summed E-state index contributed by atoms with van der Waals surface area (Å²) < 4.78 is 1.49. The van der Waals surface area contributed by atoms with E-state index in [0.29, 0.717) is 22.1 Å². The summed E-state index contributed by atoms with van der Waals surface area (Å²) in [5, 5.41) is 13.8. The lowest BCUT2D eigenvalue weighted by Crippen LogP contribution is -2.05. The number of anilines is 1. The molecule has 2 aromatic rings. The third kappa shape index (κ3) is 1.41. The van der Waals surface area contributed by atoms with Gasteiger partial charge in [-0.05, 0) is 13.2 Å². The lowest BCUT2D eigenvalue weighted by atomic mass is 10.3. The molecule has 6 heteroatoms. The summed E-state index contributed by atoms with van der Waals surface area (Å²) in [7, 11) is 0. The molecule has 0 fully saturated rings. The van der Waals surface area contributed by atoms with E-state index >= 15 is 0 Å². The summed E-state index contributed by atoms with van der Waals surface area (Å²) in [6.45, 7) is 1.86. The van der Waals surface area contributed by atoms with Crippen molar-refractivity contribution >= 4 is 23.2 Å². The largest absolute Gasteiger partial charge is 0.382 e. The van der Waals surface area contributed by atoms with Crippen molar-refractivity contribution in [3.8, 4) is 6.07 Å². The third-order valence-electron chi connectivity index (χ3n) is 2.03. The first kappa shape index (κ1) is 9.80. The van der Waals surface area contributed by atoms with Gasteiger partial charge in [0.25, 0.3) is 0 Å². The van der Waals surface area contributed by atoms with Gasteiger partial charge in [-0.2, -0.15) is 14.9 Å². The van der Waals surface area contributed by atoms with E-state index in [1.165, 1.54) is 16.3 Å². The standard InChI is InChI=1S/C9H9N5S/c1-5-3-7-12-9(15-2)6(4-10)8(11)14(7)13-5/h3H,11H2,1-2H3. The van der Waals surface area contributed by atoms with Crippen LogP contribution < -0.4 is 5.73 Å². The van der Waals surface area contributed by atoms with Crippen LogP contribution in [0.15, 0.2) is 11.1 Å². The predicted molar refractivity (Wildman–Crippen MR) is 58.6 cm³/mol. The molecule has 0 atom stereocenters. The van der Waals surface area contributed by atoms with Crippen LogP contribution in [0, 0.1) is 18.3 Å². The molecule has 0 unspecified atom stereocenters. The number of aromatic nitrogens is 3. The Bertz CT molecular complexity index is 566. The van der Waals surface area contributed by atoms with E-state index in [2.05, 4.69) is 10.1 Å². The molecule has 0 saturated carbocycles. The van der Waals surface area contributed by atoms with Gasteiger partial charge in [0, 0.05) is 6.07 Å². The van der Waals surface area contributed by atoms with Crippen LogP contribution in [-0.4, -0.2) is 20.9 Å². The van der Waals surface area contributed by atoms with E-state index in [0.717, 1.165) is 5.69 Å². The Morgan fingerprint density at radius 2 is 2.33 bits per heavy atom. The number of nitrogen functional groups attached to an aromatic ring is 1. The van der Waals surface area contributed by atoms with E-state index in [-0.39, 0.29) is 0 Å². The van der Waals surface area contributed by atoms with Gasteiger partial charge < -0.3 is 5.73 Å². The normalized spacial score (nSPS) is 10.5.